The molecular formula is C26H28Br2N2O. The number of nitrogens with zero attached hydrogens (tertiary/aromatic N) is 2. The molecule has 162 valence electrons. The van der Waals surface area contributed by atoms with E-state index in [0.717, 1.165) is 47.3 Å². The molecule has 0 spiro atoms. The average Bonchev–Trinajstić information content (AvgIpc) is 2.80. The van der Waals surface area contributed by atoms with Crippen LogP contribution in [0.4, 0.5) is 5.69 Å². The van der Waals surface area contributed by atoms with Crippen LogP contribution in [-0.2, 0) is 6.42 Å². The van der Waals surface area contributed by atoms with E-state index in [1.807, 2.05) is 0 Å². The van der Waals surface area contributed by atoms with Gasteiger partial charge in [0.25, 0.3) is 0 Å². The van der Waals surface area contributed by atoms with Gasteiger partial charge < -0.3 is 9.64 Å². The minimum atomic E-state index is 0.528. The SMILES string of the molecule is COc1cc(N2CCN(C(C)Cc3ccc(-c4ccc(Br)cc4)cc3)CC2)ccc1Br. The minimum Gasteiger partial charge on any atom is -0.495 e. The summed E-state index contributed by atoms with van der Waals surface area (Å²) in [6.45, 7) is 6.59. The lowest BCUT2D eigenvalue weighted by Gasteiger charge is -2.39. The van der Waals surface area contributed by atoms with Gasteiger partial charge in [0.15, 0.2) is 0 Å². The van der Waals surface area contributed by atoms with Crippen molar-refractivity contribution in [3.63, 3.8) is 0 Å². The molecule has 5 heteroatoms. The van der Waals surface area contributed by atoms with Crippen LogP contribution in [0.2, 0.25) is 0 Å². The van der Waals surface area contributed by atoms with Crippen LogP contribution in [-0.4, -0.2) is 44.2 Å². The van der Waals surface area contributed by atoms with Gasteiger partial charge in [0, 0.05) is 48.4 Å². The third-order valence-corrected chi connectivity index (χ3v) is 7.28. The number of benzene rings is 3. The molecule has 31 heavy (non-hydrogen) atoms. The molecule has 0 bridgehead atoms. The molecule has 0 aromatic heterocycles. The third-order valence-electron chi connectivity index (χ3n) is 6.10. The number of piperazine rings is 1. The number of halogens is 2. The molecular weight excluding hydrogens is 516 g/mol. The first kappa shape index (κ1) is 22.4. The lowest BCUT2D eigenvalue weighted by atomic mass is 10.0. The Kier molecular flexibility index (Phi) is 7.36. The molecule has 1 aliphatic heterocycles. The highest BCUT2D eigenvalue weighted by atomic mass is 79.9. The van der Waals surface area contributed by atoms with Gasteiger partial charge in [-0.1, -0.05) is 52.3 Å². The molecule has 1 heterocycles. The number of methoxy groups -OCH3 is 1. The second-order valence-electron chi connectivity index (χ2n) is 8.10. The van der Waals surface area contributed by atoms with Crippen molar-refractivity contribution in [2.24, 2.45) is 0 Å². The molecule has 1 atom stereocenters. The van der Waals surface area contributed by atoms with E-state index in [4.69, 9.17) is 4.74 Å². The largest absolute Gasteiger partial charge is 0.495 e. The number of hydrogen-bond donors (Lipinski definition) is 0. The smallest absolute Gasteiger partial charge is 0.135 e. The van der Waals surface area contributed by atoms with Crippen molar-refractivity contribution in [2.75, 3.05) is 38.2 Å². The van der Waals surface area contributed by atoms with Crippen molar-refractivity contribution in [1.82, 2.24) is 4.90 Å². The van der Waals surface area contributed by atoms with Crippen LogP contribution in [0, 0.1) is 0 Å². The Morgan fingerprint density at radius 1 is 0.839 bits per heavy atom. The van der Waals surface area contributed by atoms with Crippen LogP contribution in [0.5, 0.6) is 5.75 Å². The zero-order valence-corrected chi connectivity index (χ0v) is 21.2. The maximum absolute atomic E-state index is 5.46. The Labute approximate surface area is 202 Å². The fourth-order valence-corrected chi connectivity index (χ4v) is 4.88. The lowest BCUT2D eigenvalue weighted by Crippen LogP contribution is -2.50. The summed E-state index contributed by atoms with van der Waals surface area (Å²) in [7, 11) is 1.72. The van der Waals surface area contributed by atoms with Crippen LogP contribution in [0.15, 0.2) is 75.7 Å². The Hall–Kier alpha value is -1.82. The molecule has 1 saturated heterocycles. The normalized spacial score (nSPS) is 15.7. The van der Waals surface area contributed by atoms with Crippen molar-refractivity contribution < 1.29 is 4.74 Å². The van der Waals surface area contributed by atoms with E-state index >= 15 is 0 Å². The van der Waals surface area contributed by atoms with Gasteiger partial charge >= 0.3 is 0 Å². The minimum absolute atomic E-state index is 0.528. The van der Waals surface area contributed by atoms with Crippen molar-refractivity contribution in [2.45, 2.75) is 19.4 Å². The van der Waals surface area contributed by atoms with Gasteiger partial charge in [-0.25, -0.2) is 0 Å². The Morgan fingerprint density at radius 2 is 1.45 bits per heavy atom. The first-order valence-electron chi connectivity index (χ1n) is 10.7. The van der Waals surface area contributed by atoms with E-state index in [1.54, 1.807) is 7.11 Å². The van der Waals surface area contributed by atoms with Crippen molar-refractivity contribution in [1.29, 1.82) is 0 Å². The fourth-order valence-electron chi connectivity index (χ4n) is 4.21. The summed E-state index contributed by atoms with van der Waals surface area (Å²) < 4.78 is 7.57. The van der Waals surface area contributed by atoms with E-state index in [1.165, 1.54) is 22.4 Å². The van der Waals surface area contributed by atoms with Crippen molar-refractivity contribution in [3.05, 3.63) is 81.2 Å². The highest BCUT2D eigenvalue weighted by Crippen LogP contribution is 2.30. The number of rotatable bonds is 6. The van der Waals surface area contributed by atoms with Gasteiger partial charge in [0.05, 0.1) is 11.6 Å². The topological polar surface area (TPSA) is 15.7 Å². The molecule has 3 aromatic rings. The van der Waals surface area contributed by atoms with Crippen LogP contribution in [0.1, 0.15) is 12.5 Å². The van der Waals surface area contributed by atoms with Crippen molar-refractivity contribution >= 4 is 37.5 Å². The molecule has 0 amide bonds. The number of ether oxygens (including phenoxy) is 1. The van der Waals surface area contributed by atoms with E-state index < -0.39 is 0 Å². The third kappa shape index (κ3) is 5.51. The first-order valence-corrected chi connectivity index (χ1v) is 12.3. The second-order valence-corrected chi connectivity index (χ2v) is 9.87. The Morgan fingerprint density at radius 3 is 2.06 bits per heavy atom. The maximum Gasteiger partial charge on any atom is 0.135 e. The van der Waals surface area contributed by atoms with E-state index in [9.17, 15) is 0 Å². The zero-order chi connectivity index (χ0) is 21.8. The van der Waals surface area contributed by atoms with Gasteiger partial charge in [-0.15, -0.1) is 0 Å². The molecule has 0 saturated carbocycles. The summed E-state index contributed by atoms with van der Waals surface area (Å²) in [5.41, 5.74) is 5.15. The van der Waals surface area contributed by atoms with Gasteiger partial charge in [0.2, 0.25) is 0 Å². The molecule has 1 unspecified atom stereocenters. The molecule has 0 aliphatic carbocycles. The monoisotopic (exact) mass is 542 g/mol. The molecule has 1 aliphatic rings. The summed E-state index contributed by atoms with van der Waals surface area (Å²) in [5.74, 6) is 0.889. The molecule has 3 nitrogen and oxygen atoms in total. The molecule has 3 aromatic carbocycles. The Bertz CT molecular complexity index is 997. The summed E-state index contributed by atoms with van der Waals surface area (Å²) in [6, 6.07) is 24.4. The van der Waals surface area contributed by atoms with E-state index in [2.05, 4.69) is 115 Å². The summed E-state index contributed by atoms with van der Waals surface area (Å²) in [5, 5.41) is 0. The molecule has 4 rings (SSSR count). The second kappa shape index (κ2) is 10.2. The zero-order valence-electron chi connectivity index (χ0n) is 18.0. The lowest BCUT2D eigenvalue weighted by molar-refractivity contribution is 0.196. The standard InChI is InChI=1S/C26H28Br2N2O/c1-19(17-20-3-5-21(6-4-20)22-7-9-23(27)10-8-22)29-13-15-30(16-14-29)24-11-12-25(28)26(18-24)31-2/h3-12,18-19H,13-17H2,1-2H3. The van der Waals surface area contributed by atoms with Crippen LogP contribution in [0.3, 0.4) is 0 Å². The summed E-state index contributed by atoms with van der Waals surface area (Å²) >= 11 is 7.05. The molecule has 1 fully saturated rings. The summed E-state index contributed by atoms with van der Waals surface area (Å²) in [4.78, 5) is 5.06. The van der Waals surface area contributed by atoms with Crippen molar-refractivity contribution in [3.8, 4) is 16.9 Å². The van der Waals surface area contributed by atoms with Gasteiger partial charge in [-0.05, 0) is 70.2 Å². The highest BCUT2D eigenvalue weighted by Gasteiger charge is 2.22. The first-order chi connectivity index (χ1) is 15.0. The quantitative estimate of drug-likeness (QED) is 0.346. The fraction of sp³-hybridized carbons (Fsp3) is 0.308. The number of hydrogen-bond acceptors (Lipinski definition) is 3. The van der Waals surface area contributed by atoms with Gasteiger partial charge in [0.1, 0.15) is 5.75 Å². The van der Waals surface area contributed by atoms with Gasteiger partial charge in [-0.3, -0.25) is 4.90 Å². The van der Waals surface area contributed by atoms with Gasteiger partial charge in [-0.2, -0.15) is 0 Å². The molecule has 0 N–H and O–H groups in total. The predicted octanol–water partition coefficient (Wildman–Crippen LogP) is 6.64. The Balaban J connectivity index is 1.32. The average molecular weight is 544 g/mol. The summed E-state index contributed by atoms with van der Waals surface area (Å²) in [6.07, 6.45) is 1.08. The maximum atomic E-state index is 5.46. The number of anilines is 1. The van der Waals surface area contributed by atoms with E-state index in [-0.39, 0.29) is 0 Å². The highest BCUT2D eigenvalue weighted by molar-refractivity contribution is 9.10. The van der Waals surface area contributed by atoms with Crippen LogP contribution >= 0.6 is 31.9 Å². The molecule has 0 radical (unpaired) electrons. The van der Waals surface area contributed by atoms with E-state index in [0.29, 0.717) is 6.04 Å². The predicted molar refractivity (Wildman–Crippen MR) is 137 cm³/mol. The van der Waals surface area contributed by atoms with Crippen LogP contribution < -0.4 is 9.64 Å². The van der Waals surface area contributed by atoms with Crippen LogP contribution in [0.25, 0.3) is 11.1 Å².